The molecule has 0 aromatic heterocycles. The summed E-state index contributed by atoms with van der Waals surface area (Å²) in [6, 6.07) is -5.88. The second kappa shape index (κ2) is 31.3. The number of carboxylic acids is 2. The Balaban J connectivity index is -0.000000926. The topological polar surface area (TPSA) is 430 Å². The molecule has 1 radical (unpaired) electrons. The minimum atomic E-state index is -1.40. The van der Waals surface area contributed by atoms with E-state index in [0.29, 0.717) is 51.6 Å². The van der Waals surface area contributed by atoms with E-state index in [0.717, 1.165) is 0 Å². The largest absolute Gasteiger partial charge is 2.00 e. The maximum absolute atomic E-state index is 12.4. The molecule has 0 saturated carbocycles. The van der Waals surface area contributed by atoms with Crippen molar-refractivity contribution in [3.63, 3.8) is 0 Å². The Labute approximate surface area is 320 Å². The van der Waals surface area contributed by atoms with Crippen molar-refractivity contribution in [2.75, 3.05) is 26.2 Å². The average Bonchev–Trinajstić information content (AvgIpc) is 3.06. The third-order valence-electron chi connectivity index (χ3n) is 7.08. The number of carboxylic acid groups (broad SMARTS) is 2. The molecule has 0 spiro atoms. The molecule has 0 heterocycles. The Bertz CT molecular complexity index is 1080. The van der Waals surface area contributed by atoms with Gasteiger partial charge in [0.1, 0.15) is 12.1 Å². The molecule has 0 rings (SSSR count). The number of nitrogens with two attached hydrogens (primary N) is 8. The summed E-state index contributed by atoms with van der Waals surface area (Å²) in [6.45, 7) is 4.32. The number of nitrogens with one attached hydrogen (secondary N) is 4. The van der Waals surface area contributed by atoms with Gasteiger partial charge in [-0.15, -0.1) is 0 Å². The molecule has 0 saturated heterocycles. The first kappa shape index (κ1) is 53.1. The quantitative estimate of drug-likeness (QED) is 0.0167. The zero-order chi connectivity index (χ0) is 40.2. The summed E-state index contributed by atoms with van der Waals surface area (Å²) < 4.78 is 0. The van der Waals surface area contributed by atoms with E-state index in [4.69, 9.17) is 45.9 Å². The molecule has 0 bridgehead atoms. The molecule has 6 atom stereocenters. The van der Waals surface area contributed by atoms with E-state index in [1.54, 1.807) is 0 Å². The Hall–Kier alpha value is -4.28. The second-order valence-corrected chi connectivity index (χ2v) is 11.9. The first-order valence-corrected chi connectivity index (χ1v) is 17.0. The van der Waals surface area contributed by atoms with Crippen LogP contribution in [0.1, 0.15) is 78.1 Å². The molecule has 0 aliphatic carbocycles. The van der Waals surface area contributed by atoms with Crippen molar-refractivity contribution in [2.24, 2.45) is 55.9 Å². The maximum atomic E-state index is 12.4. The van der Waals surface area contributed by atoms with Gasteiger partial charge in [-0.1, -0.05) is 0 Å². The predicted molar refractivity (Wildman–Crippen MR) is 191 cm³/mol. The molecule has 0 aromatic carbocycles. The number of amides is 4. The Morgan fingerprint density at radius 1 is 0.509 bits per heavy atom. The molecule has 0 aliphatic rings. The number of hydrogen-bond donors (Lipinski definition) is 12. The van der Waals surface area contributed by atoms with Gasteiger partial charge in [0.25, 0.3) is 0 Å². The Morgan fingerprint density at radius 2 is 0.792 bits per heavy atom. The molecule has 22 nitrogen and oxygen atoms in total. The Kier molecular flexibility index (Phi) is 31.3. The number of aliphatic carboxylic acids is 2. The van der Waals surface area contributed by atoms with Crippen LogP contribution in [0.5, 0.6) is 0 Å². The van der Waals surface area contributed by atoms with Crippen LogP contribution in [-0.4, -0.2) is 110 Å². The zero-order valence-corrected chi connectivity index (χ0v) is 31.4. The van der Waals surface area contributed by atoms with Crippen LogP contribution in [0, 0.1) is 0 Å². The normalized spacial score (nSPS) is 13.7. The third kappa shape index (κ3) is 28.0. The summed E-state index contributed by atoms with van der Waals surface area (Å²) in [6.07, 6.45) is 3.91. The summed E-state index contributed by atoms with van der Waals surface area (Å²) in [5.41, 5.74) is 42.6. The first-order valence-electron chi connectivity index (χ1n) is 17.0. The van der Waals surface area contributed by atoms with Gasteiger partial charge in [0.05, 0.1) is 36.1 Å². The number of rotatable bonds is 26. The van der Waals surface area contributed by atoms with Gasteiger partial charge in [-0.3, -0.25) is 29.2 Å². The zero-order valence-electron chi connectivity index (χ0n) is 30.4. The van der Waals surface area contributed by atoms with Crippen LogP contribution in [-0.2, 0) is 45.8 Å². The van der Waals surface area contributed by atoms with Crippen LogP contribution in [0.15, 0.2) is 9.98 Å². The fraction of sp³-hybridized carbons (Fsp3) is 0.733. The van der Waals surface area contributed by atoms with E-state index in [-0.39, 0.29) is 67.8 Å². The van der Waals surface area contributed by atoms with Crippen LogP contribution < -0.4 is 77.3 Å². The van der Waals surface area contributed by atoms with Crippen molar-refractivity contribution in [3.8, 4) is 0 Å². The van der Waals surface area contributed by atoms with Gasteiger partial charge in [0.2, 0.25) is 23.6 Å². The fourth-order valence-corrected chi connectivity index (χ4v) is 4.18. The van der Waals surface area contributed by atoms with Gasteiger partial charge in [-0.05, 0) is 91.1 Å². The summed E-state index contributed by atoms with van der Waals surface area (Å²) in [4.78, 5) is 78.4. The van der Waals surface area contributed by atoms with Crippen molar-refractivity contribution in [1.82, 2.24) is 21.3 Å². The van der Waals surface area contributed by atoms with E-state index < -0.39 is 71.8 Å². The van der Waals surface area contributed by atoms with Crippen molar-refractivity contribution in [2.45, 2.75) is 114 Å². The van der Waals surface area contributed by atoms with E-state index >= 15 is 0 Å². The Morgan fingerprint density at radius 3 is 1.04 bits per heavy atom. The SMILES string of the molecule is C[C@H](N)C(=O)N[C@@H](CCCN=C(N)N)C(=O)N[C@@H](CCCCN)C(=O)[O-].C[C@H](N)C(=O)N[C@@H](CCCN=C(N)N)C(=O)N[C@@H](CCCCN)C(=O)[O-].[Cu+2]. The standard InChI is InChI=1S/2C15H31N7O4.Cu/c2*1-9(17)12(23)21-10(6-4-8-20-15(18)19)13(24)22-11(14(25)26)5-2-3-7-16;/h2*9-11H,2-8,16-17H2,1H3,(H,21,23)(H,22,24)(H,25,26)(H4,18,19,20);/q;;+2/p-2/t2*9-,10-,11-;/m00./s1. The van der Waals surface area contributed by atoms with Crippen LogP contribution in [0.2, 0.25) is 0 Å². The molecule has 4 amide bonds. The molecule has 53 heavy (non-hydrogen) atoms. The molecule has 0 unspecified atom stereocenters. The fourth-order valence-electron chi connectivity index (χ4n) is 4.18. The molecule has 0 fully saturated rings. The minimum absolute atomic E-state index is 0. The van der Waals surface area contributed by atoms with Gasteiger partial charge in [-0.25, -0.2) is 0 Å². The van der Waals surface area contributed by atoms with Crippen LogP contribution in [0.4, 0.5) is 0 Å². The summed E-state index contributed by atoms with van der Waals surface area (Å²) in [5.74, 6) is -5.28. The van der Waals surface area contributed by atoms with Crippen LogP contribution in [0.25, 0.3) is 0 Å². The third-order valence-corrected chi connectivity index (χ3v) is 7.08. The van der Waals surface area contributed by atoms with Crippen LogP contribution >= 0.6 is 0 Å². The molecule has 23 heteroatoms. The molecular weight excluding hydrogens is 748 g/mol. The summed E-state index contributed by atoms with van der Waals surface area (Å²) in [5, 5.41) is 32.2. The first-order chi connectivity index (χ1) is 24.4. The number of unbranched alkanes of at least 4 members (excludes halogenated alkanes) is 2. The number of guanidine groups is 2. The predicted octanol–water partition coefficient (Wildman–Crippen LogP) is -7.53. The van der Waals surface area contributed by atoms with Gasteiger partial charge in [0.15, 0.2) is 11.9 Å². The van der Waals surface area contributed by atoms with Crippen molar-refractivity contribution in [3.05, 3.63) is 0 Å². The second-order valence-electron chi connectivity index (χ2n) is 11.9. The molecule has 0 aliphatic heterocycles. The number of carbonyl (C=O) groups excluding carboxylic acids is 6. The number of aliphatic imine (C=N–C) groups is 2. The van der Waals surface area contributed by atoms with Crippen molar-refractivity contribution < 1.29 is 56.0 Å². The maximum Gasteiger partial charge on any atom is 2.00 e. The number of carbonyl (C=O) groups is 6. The number of nitrogens with zero attached hydrogens (tertiary/aromatic N) is 2. The van der Waals surface area contributed by atoms with Gasteiger partial charge >= 0.3 is 17.1 Å². The summed E-state index contributed by atoms with van der Waals surface area (Å²) in [7, 11) is 0. The van der Waals surface area contributed by atoms with E-state index in [1.165, 1.54) is 13.8 Å². The van der Waals surface area contributed by atoms with Gasteiger partial charge in [-0.2, -0.15) is 0 Å². The monoisotopic (exact) mass is 807 g/mol. The smallest absolute Gasteiger partial charge is 0.548 e. The molecule has 0 aromatic rings. The van der Waals surface area contributed by atoms with Gasteiger partial charge < -0.3 is 86.9 Å². The van der Waals surface area contributed by atoms with Gasteiger partial charge in [0, 0.05) is 13.1 Å². The summed E-state index contributed by atoms with van der Waals surface area (Å²) >= 11 is 0. The van der Waals surface area contributed by atoms with E-state index in [2.05, 4.69) is 31.3 Å². The van der Waals surface area contributed by atoms with Crippen LogP contribution in [0.3, 0.4) is 0 Å². The minimum Gasteiger partial charge on any atom is -0.548 e. The number of hydrogen-bond acceptors (Lipinski definition) is 14. The van der Waals surface area contributed by atoms with E-state index in [9.17, 15) is 39.0 Å². The van der Waals surface area contributed by atoms with Crippen molar-refractivity contribution >= 4 is 47.5 Å². The van der Waals surface area contributed by atoms with E-state index in [1.807, 2.05) is 0 Å². The molecule has 309 valence electrons. The average molecular weight is 808 g/mol. The molecular formula is C30H60CuN14O8. The molecule has 20 N–H and O–H groups in total. The van der Waals surface area contributed by atoms with Crippen molar-refractivity contribution in [1.29, 1.82) is 0 Å².